The quantitative estimate of drug-likeness (QED) is 0.726. The molecular formula is C12H12N6S. The Hall–Kier alpha value is -2.15. The van der Waals surface area contributed by atoms with Crippen LogP contribution >= 0.6 is 11.3 Å². The van der Waals surface area contributed by atoms with Crippen LogP contribution in [0.3, 0.4) is 0 Å². The van der Waals surface area contributed by atoms with Gasteiger partial charge in [-0.25, -0.2) is 9.97 Å². The van der Waals surface area contributed by atoms with E-state index in [0.29, 0.717) is 5.95 Å². The number of nitrogens with zero attached hydrogens (tertiary/aromatic N) is 5. The van der Waals surface area contributed by atoms with Gasteiger partial charge in [-0.05, 0) is 11.4 Å². The Kier molecular flexibility index (Phi) is 2.22. The van der Waals surface area contributed by atoms with Crippen molar-refractivity contribution in [2.45, 2.75) is 13.1 Å². The molecule has 0 atom stereocenters. The molecular weight excluding hydrogens is 260 g/mol. The number of rotatable bonds is 1. The molecule has 4 heterocycles. The van der Waals surface area contributed by atoms with E-state index in [9.17, 15) is 0 Å². The van der Waals surface area contributed by atoms with Crippen LogP contribution in [-0.2, 0) is 13.1 Å². The third-order valence-electron chi connectivity index (χ3n) is 3.37. The molecule has 0 saturated carbocycles. The highest BCUT2D eigenvalue weighted by atomic mass is 32.1. The number of nitrogen functional groups attached to an aromatic ring is 1. The van der Waals surface area contributed by atoms with Gasteiger partial charge in [-0.2, -0.15) is 4.98 Å². The van der Waals surface area contributed by atoms with Gasteiger partial charge in [0.15, 0.2) is 0 Å². The Labute approximate surface area is 113 Å². The van der Waals surface area contributed by atoms with Gasteiger partial charge >= 0.3 is 0 Å². The lowest BCUT2D eigenvalue weighted by molar-refractivity contribution is 0.557. The zero-order valence-electron chi connectivity index (χ0n) is 10.2. The SMILES string of the molecule is Nc1nc(N2CCn3ccnc3C2)c2ccsc2n1. The van der Waals surface area contributed by atoms with Crippen molar-refractivity contribution in [3.05, 3.63) is 29.7 Å². The molecule has 3 aromatic heterocycles. The first kappa shape index (κ1) is 10.7. The third-order valence-corrected chi connectivity index (χ3v) is 4.17. The van der Waals surface area contributed by atoms with E-state index in [1.807, 2.05) is 17.8 Å². The van der Waals surface area contributed by atoms with Crippen LogP contribution in [0.4, 0.5) is 11.8 Å². The first-order chi connectivity index (χ1) is 9.31. The standard InChI is InChI=1S/C12H12N6S/c13-12-15-10(8-1-6-19-11(8)16-12)18-5-4-17-3-2-14-9(17)7-18/h1-3,6H,4-5,7H2,(H2,13,15,16). The Morgan fingerprint density at radius 3 is 3.16 bits per heavy atom. The van der Waals surface area contributed by atoms with E-state index in [4.69, 9.17) is 5.73 Å². The number of imidazole rings is 1. The van der Waals surface area contributed by atoms with Crippen molar-refractivity contribution in [1.29, 1.82) is 0 Å². The predicted molar refractivity (Wildman–Crippen MR) is 75.1 cm³/mol. The normalized spacial score (nSPS) is 14.8. The second kappa shape index (κ2) is 3.92. The molecule has 3 aromatic rings. The molecule has 1 aliphatic rings. The van der Waals surface area contributed by atoms with Crippen LogP contribution in [0.15, 0.2) is 23.8 Å². The number of nitrogens with two attached hydrogens (primary N) is 1. The summed E-state index contributed by atoms with van der Waals surface area (Å²) in [6, 6.07) is 2.05. The highest BCUT2D eigenvalue weighted by Gasteiger charge is 2.20. The first-order valence-electron chi connectivity index (χ1n) is 6.07. The van der Waals surface area contributed by atoms with E-state index in [-0.39, 0.29) is 0 Å². The van der Waals surface area contributed by atoms with Crippen LogP contribution in [-0.4, -0.2) is 26.1 Å². The minimum absolute atomic E-state index is 0.332. The van der Waals surface area contributed by atoms with E-state index in [1.165, 1.54) is 0 Å². The fourth-order valence-electron chi connectivity index (χ4n) is 2.45. The number of thiophene rings is 1. The predicted octanol–water partition coefficient (Wildman–Crippen LogP) is 1.49. The Balaban J connectivity index is 1.81. The fourth-order valence-corrected chi connectivity index (χ4v) is 3.22. The maximum atomic E-state index is 5.80. The lowest BCUT2D eigenvalue weighted by Gasteiger charge is -2.29. The Morgan fingerprint density at radius 1 is 1.26 bits per heavy atom. The summed E-state index contributed by atoms with van der Waals surface area (Å²) in [5, 5.41) is 3.09. The van der Waals surface area contributed by atoms with Gasteiger partial charge in [0.2, 0.25) is 5.95 Å². The summed E-state index contributed by atoms with van der Waals surface area (Å²) in [6.45, 7) is 2.59. The maximum absolute atomic E-state index is 5.80. The largest absolute Gasteiger partial charge is 0.368 e. The minimum atomic E-state index is 0.332. The molecule has 2 N–H and O–H groups in total. The van der Waals surface area contributed by atoms with Crippen LogP contribution in [0, 0.1) is 0 Å². The van der Waals surface area contributed by atoms with Gasteiger partial charge < -0.3 is 15.2 Å². The van der Waals surface area contributed by atoms with E-state index < -0.39 is 0 Å². The van der Waals surface area contributed by atoms with E-state index in [1.54, 1.807) is 11.3 Å². The van der Waals surface area contributed by atoms with Crippen LogP contribution in [0.1, 0.15) is 5.82 Å². The van der Waals surface area contributed by atoms with Crippen LogP contribution in [0.5, 0.6) is 0 Å². The van der Waals surface area contributed by atoms with Crippen molar-refractivity contribution in [3.8, 4) is 0 Å². The third kappa shape index (κ3) is 1.66. The van der Waals surface area contributed by atoms with Crippen LogP contribution in [0.2, 0.25) is 0 Å². The van der Waals surface area contributed by atoms with E-state index >= 15 is 0 Å². The smallest absolute Gasteiger partial charge is 0.223 e. The molecule has 96 valence electrons. The molecule has 0 bridgehead atoms. The molecule has 0 aliphatic carbocycles. The van der Waals surface area contributed by atoms with Gasteiger partial charge in [-0.1, -0.05) is 0 Å². The molecule has 0 radical (unpaired) electrons. The topological polar surface area (TPSA) is 72.9 Å². The zero-order chi connectivity index (χ0) is 12.8. The van der Waals surface area contributed by atoms with Crippen molar-refractivity contribution < 1.29 is 0 Å². The summed E-state index contributed by atoms with van der Waals surface area (Å²) < 4.78 is 2.17. The summed E-state index contributed by atoms with van der Waals surface area (Å²) in [5.41, 5.74) is 5.80. The minimum Gasteiger partial charge on any atom is -0.368 e. The van der Waals surface area contributed by atoms with Gasteiger partial charge in [0, 0.05) is 25.5 Å². The van der Waals surface area contributed by atoms with E-state index in [0.717, 1.165) is 41.5 Å². The Morgan fingerprint density at radius 2 is 2.21 bits per heavy atom. The van der Waals surface area contributed by atoms with Crippen molar-refractivity contribution in [2.24, 2.45) is 0 Å². The first-order valence-corrected chi connectivity index (χ1v) is 6.95. The van der Waals surface area contributed by atoms with Crippen molar-refractivity contribution in [1.82, 2.24) is 19.5 Å². The molecule has 4 rings (SSSR count). The number of fused-ring (bicyclic) bond motifs is 2. The molecule has 19 heavy (non-hydrogen) atoms. The van der Waals surface area contributed by atoms with Gasteiger partial charge in [-0.3, -0.25) is 0 Å². The van der Waals surface area contributed by atoms with E-state index in [2.05, 4.69) is 30.5 Å². The van der Waals surface area contributed by atoms with Gasteiger partial charge in [-0.15, -0.1) is 11.3 Å². The average Bonchev–Trinajstić information content (AvgIpc) is 3.04. The fraction of sp³-hybridized carbons (Fsp3) is 0.250. The molecule has 0 aromatic carbocycles. The Bertz CT molecular complexity index is 746. The molecule has 6 nitrogen and oxygen atoms in total. The molecule has 0 unspecified atom stereocenters. The second-order valence-corrected chi connectivity index (χ2v) is 5.40. The summed E-state index contributed by atoms with van der Waals surface area (Å²) in [6.07, 6.45) is 3.86. The molecule has 0 spiro atoms. The maximum Gasteiger partial charge on any atom is 0.223 e. The second-order valence-electron chi connectivity index (χ2n) is 4.50. The number of hydrogen-bond acceptors (Lipinski definition) is 6. The van der Waals surface area contributed by atoms with Gasteiger partial charge in [0.05, 0.1) is 11.9 Å². The number of anilines is 2. The van der Waals surface area contributed by atoms with Crippen molar-refractivity contribution in [2.75, 3.05) is 17.2 Å². The van der Waals surface area contributed by atoms with Gasteiger partial charge in [0.1, 0.15) is 16.5 Å². The van der Waals surface area contributed by atoms with Gasteiger partial charge in [0.25, 0.3) is 0 Å². The van der Waals surface area contributed by atoms with Crippen LogP contribution in [0.25, 0.3) is 10.2 Å². The number of hydrogen-bond donors (Lipinski definition) is 1. The molecule has 0 amide bonds. The summed E-state index contributed by atoms with van der Waals surface area (Å²) in [7, 11) is 0. The van der Waals surface area contributed by atoms with Crippen LogP contribution < -0.4 is 10.6 Å². The summed E-state index contributed by atoms with van der Waals surface area (Å²) in [5.74, 6) is 2.31. The molecule has 7 heteroatoms. The molecule has 0 saturated heterocycles. The molecule has 0 fully saturated rings. The van der Waals surface area contributed by atoms with Crippen molar-refractivity contribution in [3.63, 3.8) is 0 Å². The number of aromatic nitrogens is 4. The lowest BCUT2D eigenvalue weighted by Crippen LogP contribution is -2.34. The highest BCUT2D eigenvalue weighted by Crippen LogP contribution is 2.30. The molecule has 1 aliphatic heterocycles. The summed E-state index contributed by atoms with van der Waals surface area (Å²) >= 11 is 1.59. The zero-order valence-corrected chi connectivity index (χ0v) is 11.0. The highest BCUT2D eigenvalue weighted by molar-refractivity contribution is 7.16. The van der Waals surface area contributed by atoms with Crippen molar-refractivity contribution >= 4 is 33.3 Å². The lowest BCUT2D eigenvalue weighted by atomic mass is 10.3. The monoisotopic (exact) mass is 272 g/mol. The summed E-state index contributed by atoms with van der Waals surface area (Å²) in [4.78, 5) is 16.2. The average molecular weight is 272 g/mol.